The van der Waals surface area contributed by atoms with Crippen molar-refractivity contribution in [2.75, 3.05) is 0 Å². The Morgan fingerprint density at radius 2 is 1.94 bits per heavy atom. The molecule has 0 radical (unpaired) electrons. The van der Waals surface area contributed by atoms with Crippen molar-refractivity contribution in [3.63, 3.8) is 0 Å². The molecule has 0 atom stereocenters. The largest absolute Gasteiger partial charge is 0.306 e. The van der Waals surface area contributed by atoms with Crippen LogP contribution in [0.1, 0.15) is 31.3 Å². The molecule has 2 rings (SSSR count). The zero-order valence-corrected chi connectivity index (χ0v) is 10.3. The van der Waals surface area contributed by atoms with Gasteiger partial charge in [0.2, 0.25) is 0 Å². The number of hydrogen-bond donors (Lipinski definition) is 1. The highest BCUT2D eigenvalue weighted by Crippen LogP contribution is 2.05. The fourth-order valence-corrected chi connectivity index (χ4v) is 1.75. The number of benzene rings is 1. The third kappa shape index (κ3) is 3.14. The lowest BCUT2D eigenvalue weighted by atomic mass is 10.2. The van der Waals surface area contributed by atoms with E-state index < -0.39 is 0 Å². The number of hydrogen-bond acceptors (Lipinski definition) is 3. The average molecular weight is 230 g/mol. The Bertz CT molecular complexity index is 447. The molecule has 4 heteroatoms. The molecule has 0 unspecified atom stereocenters. The monoisotopic (exact) mass is 230 g/mol. The molecule has 0 bridgehead atoms. The number of nitrogens with zero attached hydrogens (tertiary/aromatic N) is 3. The summed E-state index contributed by atoms with van der Waals surface area (Å²) in [4.78, 5) is 4.26. The fraction of sp³-hybridized carbons (Fsp3) is 0.385. The van der Waals surface area contributed by atoms with Crippen LogP contribution in [0.4, 0.5) is 0 Å². The first-order valence-corrected chi connectivity index (χ1v) is 5.90. The molecular weight excluding hydrogens is 212 g/mol. The Morgan fingerprint density at radius 3 is 2.65 bits per heavy atom. The Kier molecular flexibility index (Phi) is 3.88. The minimum atomic E-state index is 0.353. The summed E-state index contributed by atoms with van der Waals surface area (Å²) in [5, 5.41) is 7.58. The molecule has 0 fully saturated rings. The van der Waals surface area contributed by atoms with Crippen LogP contribution in [0, 0.1) is 0 Å². The second kappa shape index (κ2) is 5.59. The van der Waals surface area contributed by atoms with Crippen LogP contribution in [0.3, 0.4) is 0 Å². The third-order valence-corrected chi connectivity index (χ3v) is 2.59. The van der Waals surface area contributed by atoms with E-state index in [0.29, 0.717) is 6.04 Å². The highest BCUT2D eigenvalue weighted by molar-refractivity contribution is 5.14. The van der Waals surface area contributed by atoms with E-state index in [2.05, 4.69) is 41.4 Å². The molecule has 0 aliphatic heterocycles. The van der Waals surface area contributed by atoms with E-state index in [-0.39, 0.29) is 0 Å². The summed E-state index contributed by atoms with van der Waals surface area (Å²) in [7, 11) is 0. The molecular formula is C13H18N4. The maximum Gasteiger partial charge on any atom is 0.141 e. The van der Waals surface area contributed by atoms with Gasteiger partial charge in [-0.1, -0.05) is 30.3 Å². The van der Waals surface area contributed by atoms with Crippen molar-refractivity contribution < 1.29 is 0 Å². The van der Waals surface area contributed by atoms with Crippen molar-refractivity contribution in [2.24, 2.45) is 0 Å². The molecule has 0 spiro atoms. The summed E-state index contributed by atoms with van der Waals surface area (Å²) in [5.41, 5.74) is 1.28. The molecule has 1 aromatic heterocycles. The van der Waals surface area contributed by atoms with E-state index in [0.717, 1.165) is 18.9 Å². The minimum absolute atomic E-state index is 0.353. The Balaban J connectivity index is 1.88. The van der Waals surface area contributed by atoms with Gasteiger partial charge in [0.05, 0.1) is 6.54 Å². The average Bonchev–Trinajstić information content (AvgIpc) is 2.79. The molecule has 17 heavy (non-hydrogen) atoms. The van der Waals surface area contributed by atoms with Gasteiger partial charge in [0.25, 0.3) is 0 Å². The van der Waals surface area contributed by atoms with E-state index in [1.54, 1.807) is 6.33 Å². The molecule has 1 N–H and O–H groups in total. The minimum Gasteiger partial charge on any atom is -0.306 e. The van der Waals surface area contributed by atoms with E-state index in [1.807, 2.05) is 22.9 Å². The van der Waals surface area contributed by atoms with Crippen LogP contribution in [0.15, 0.2) is 36.7 Å². The quantitative estimate of drug-likeness (QED) is 0.855. The number of nitrogens with one attached hydrogen (secondary N) is 1. The van der Waals surface area contributed by atoms with Crippen LogP contribution in [0.5, 0.6) is 0 Å². The summed E-state index contributed by atoms with van der Waals surface area (Å²) in [6.07, 6.45) is 1.61. The summed E-state index contributed by atoms with van der Waals surface area (Å²) >= 11 is 0. The van der Waals surface area contributed by atoms with Crippen molar-refractivity contribution in [2.45, 2.75) is 33.0 Å². The van der Waals surface area contributed by atoms with Gasteiger partial charge in [-0.05, 0) is 19.4 Å². The van der Waals surface area contributed by atoms with Gasteiger partial charge in [-0.25, -0.2) is 9.67 Å². The Morgan fingerprint density at radius 1 is 1.18 bits per heavy atom. The summed E-state index contributed by atoms with van der Waals surface area (Å²) in [6, 6.07) is 10.7. The SMILES string of the molecule is CC(C)n1ncnc1CNCc1ccccc1. The van der Waals surface area contributed by atoms with Gasteiger partial charge in [0.1, 0.15) is 12.2 Å². The van der Waals surface area contributed by atoms with Gasteiger partial charge in [-0.2, -0.15) is 5.10 Å². The van der Waals surface area contributed by atoms with Crippen molar-refractivity contribution in [1.29, 1.82) is 0 Å². The first-order valence-electron chi connectivity index (χ1n) is 5.90. The van der Waals surface area contributed by atoms with Gasteiger partial charge in [-0.3, -0.25) is 0 Å². The smallest absolute Gasteiger partial charge is 0.141 e. The van der Waals surface area contributed by atoms with Crippen LogP contribution >= 0.6 is 0 Å². The second-order valence-corrected chi connectivity index (χ2v) is 4.30. The van der Waals surface area contributed by atoms with E-state index in [9.17, 15) is 0 Å². The van der Waals surface area contributed by atoms with Crippen molar-refractivity contribution in [3.8, 4) is 0 Å². The highest BCUT2D eigenvalue weighted by Gasteiger charge is 2.06. The standard InChI is InChI=1S/C13H18N4/c1-11(2)17-13(15-10-16-17)9-14-8-12-6-4-3-5-7-12/h3-7,10-11,14H,8-9H2,1-2H3. The lowest BCUT2D eigenvalue weighted by Crippen LogP contribution is -2.18. The molecule has 90 valence electrons. The summed E-state index contributed by atoms with van der Waals surface area (Å²) < 4.78 is 1.94. The first-order chi connectivity index (χ1) is 8.27. The Hall–Kier alpha value is -1.68. The van der Waals surface area contributed by atoms with Gasteiger partial charge < -0.3 is 5.32 Å². The predicted octanol–water partition coefficient (Wildman–Crippen LogP) is 2.15. The van der Waals surface area contributed by atoms with Crippen LogP contribution in [0.2, 0.25) is 0 Å². The molecule has 4 nitrogen and oxygen atoms in total. The van der Waals surface area contributed by atoms with Crippen molar-refractivity contribution in [1.82, 2.24) is 20.1 Å². The molecule has 1 aromatic carbocycles. The van der Waals surface area contributed by atoms with Gasteiger partial charge in [0, 0.05) is 12.6 Å². The summed E-state index contributed by atoms with van der Waals surface area (Å²) in [5.74, 6) is 0.982. The molecule has 0 aliphatic carbocycles. The van der Waals surface area contributed by atoms with Crippen LogP contribution < -0.4 is 5.32 Å². The molecule has 0 saturated heterocycles. The third-order valence-electron chi connectivity index (χ3n) is 2.59. The van der Waals surface area contributed by atoms with E-state index in [4.69, 9.17) is 0 Å². The molecule has 2 aromatic rings. The normalized spacial score (nSPS) is 11.0. The maximum absolute atomic E-state index is 4.26. The van der Waals surface area contributed by atoms with Crippen molar-refractivity contribution >= 4 is 0 Å². The molecule has 0 aliphatic rings. The maximum atomic E-state index is 4.26. The second-order valence-electron chi connectivity index (χ2n) is 4.30. The Labute approximate surface area is 102 Å². The first kappa shape index (κ1) is 11.8. The van der Waals surface area contributed by atoms with Gasteiger partial charge >= 0.3 is 0 Å². The van der Waals surface area contributed by atoms with E-state index in [1.165, 1.54) is 5.56 Å². The fourth-order valence-electron chi connectivity index (χ4n) is 1.75. The van der Waals surface area contributed by atoms with Gasteiger partial charge in [-0.15, -0.1) is 0 Å². The van der Waals surface area contributed by atoms with Crippen LogP contribution in [0.25, 0.3) is 0 Å². The highest BCUT2D eigenvalue weighted by atomic mass is 15.3. The lowest BCUT2D eigenvalue weighted by molar-refractivity contribution is 0.490. The molecule has 1 heterocycles. The van der Waals surface area contributed by atoms with Crippen molar-refractivity contribution in [3.05, 3.63) is 48.0 Å². The van der Waals surface area contributed by atoms with E-state index >= 15 is 0 Å². The molecule has 0 saturated carbocycles. The zero-order chi connectivity index (χ0) is 12.1. The summed E-state index contributed by atoms with van der Waals surface area (Å²) in [6.45, 7) is 5.81. The van der Waals surface area contributed by atoms with Crippen LogP contribution in [-0.2, 0) is 13.1 Å². The topological polar surface area (TPSA) is 42.7 Å². The lowest BCUT2D eigenvalue weighted by Gasteiger charge is -2.10. The predicted molar refractivity (Wildman–Crippen MR) is 67.4 cm³/mol. The molecule has 0 amide bonds. The zero-order valence-electron chi connectivity index (χ0n) is 10.3. The van der Waals surface area contributed by atoms with Gasteiger partial charge in [0.15, 0.2) is 0 Å². The number of rotatable bonds is 5. The van der Waals surface area contributed by atoms with Crippen LogP contribution in [-0.4, -0.2) is 14.8 Å². The number of aromatic nitrogens is 3.